The molecule has 8 nitrogen and oxygen atoms in total. The highest BCUT2D eigenvalue weighted by atomic mass is 35.7. The van der Waals surface area contributed by atoms with Gasteiger partial charge in [-0.3, -0.25) is 14.8 Å². The summed E-state index contributed by atoms with van der Waals surface area (Å²) in [5.74, 6) is -5.58. The van der Waals surface area contributed by atoms with Crippen molar-refractivity contribution in [3.8, 4) is 0 Å². The van der Waals surface area contributed by atoms with Crippen LogP contribution < -0.4 is 4.72 Å². The first-order valence-corrected chi connectivity index (χ1v) is 8.44. The Labute approximate surface area is 120 Å². The van der Waals surface area contributed by atoms with Gasteiger partial charge in [-0.1, -0.05) is 0 Å². The summed E-state index contributed by atoms with van der Waals surface area (Å²) in [4.78, 5) is 8.10. The molecule has 0 aliphatic heterocycles. The van der Waals surface area contributed by atoms with Crippen LogP contribution in [0.25, 0.3) is 0 Å². The number of nitrogens with one attached hydrogen (secondary N) is 1. The molecule has 0 radical (unpaired) electrons. The molecule has 0 amide bonds. The number of nitro benzene ring substituents is 1. The summed E-state index contributed by atoms with van der Waals surface area (Å²) in [6, 6.07) is 0.175. The zero-order valence-electron chi connectivity index (χ0n) is 9.46. The number of rotatable bonds is 5. The third-order valence-electron chi connectivity index (χ3n) is 2.00. The van der Waals surface area contributed by atoms with Crippen molar-refractivity contribution in [2.24, 2.45) is 0 Å². The van der Waals surface area contributed by atoms with Crippen LogP contribution in [0.5, 0.6) is 0 Å². The number of nitro groups is 1. The number of hydrogen-bond acceptors (Lipinski definition) is 6. The maximum Gasteiger partial charge on any atom is 0.355 e. The van der Waals surface area contributed by atoms with Crippen molar-refractivity contribution < 1.29 is 34.9 Å². The van der Waals surface area contributed by atoms with Crippen LogP contribution in [0.2, 0.25) is 0 Å². The first-order valence-electron chi connectivity index (χ1n) is 4.58. The Balaban J connectivity index is 3.55. The van der Waals surface area contributed by atoms with Gasteiger partial charge in [0.25, 0.3) is 24.8 Å². The summed E-state index contributed by atoms with van der Waals surface area (Å²) in [5.41, 5.74) is -2.43. The SMILES string of the molecule is O=[N+]([O-])c1cc(S(=O)(=O)Cl)c(F)cc1NS(=O)(=O)C(F)F. The van der Waals surface area contributed by atoms with Crippen molar-refractivity contribution in [1.82, 2.24) is 0 Å². The standard InChI is InChI=1S/C7H4ClF3N2O6S2/c8-20(16,17)6-2-5(13(14)15)4(1-3(6)9)12-21(18,19)7(10)11/h1-2,7,12H. The number of halogens is 4. The van der Waals surface area contributed by atoms with E-state index < -0.39 is 51.8 Å². The average Bonchev–Trinajstić information content (AvgIpc) is 2.25. The van der Waals surface area contributed by atoms with Crippen LogP contribution in [-0.2, 0) is 19.1 Å². The van der Waals surface area contributed by atoms with Crippen molar-refractivity contribution in [3.05, 3.63) is 28.1 Å². The minimum absolute atomic E-state index is 0.0628. The fourth-order valence-electron chi connectivity index (χ4n) is 1.16. The molecule has 21 heavy (non-hydrogen) atoms. The molecule has 0 fully saturated rings. The zero-order chi connectivity index (χ0) is 16.6. The van der Waals surface area contributed by atoms with Gasteiger partial charge in [0.05, 0.1) is 4.92 Å². The van der Waals surface area contributed by atoms with Gasteiger partial charge in [0.15, 0.2) is 0 Å². The van der Waals surface area contributed by atoms with E-state index in [-0.39, 0.29) is 12.1 Å². The molecular formula is C7H4ClF3N2O6S2. The lowest BCUT2D eigenvalue weighted by Gasteiger charge is -2.09. The minimum Gasteiger partial charge on any atom is -0.272 e. The van der Waals surface area contributed by atoms with Crippen LogP contribution in [0, 0.1) is 15.9 Å². The van der Waals surface area contributed by atoms with Crippen molar-refractivity contribution in [2.75, 3.05) is 4.72 Å². The summed E-state index contributed by atoms with van der Waals surface area (Å²) >= 11 is 0. The van der Waals surface area contributed by atoms with Gasteiger partial charge in [-0.05, 0) is 0 Å². The maximum absolute atomic E-state index is 13.5. The molecule has 0 spiro atoms. The number of sulfonamides is 1. The van der Waals surface area contributed by atoms with E-state index in [0.29, 0.717) is 0 Å². The molecule has 14 heteroatoms. The van der Waals surface area contributed by atoms with Crippen molar-refractivity contribution in [1.29, 1.82) is 0 Å². The van der Waals surface area contributed by atoms with Crippen LogP contribution in [0.4, 0.5) is 24.5 Å². The first kappa shape index (κ1) is 17.5. The molecule has 0 atom stereocenters. The molecule has 0 saturated heterocycles. The van der Waals surface area contributed by atoms with Gasteiger partial charge in [0, 0.05) is 22.8 Å². The molecule has 1 aromatic rings. The summed E-state index contributed by atoms with van der Waals surface area (Å²) in [6.07, 6.45) is 0. The Hall–Kier alpha value is -1.60. The Bertz CT molecular complexity index is 795. The third kappa shape index (κ3) is 3.95. The Morgan fingerprint density at radius 3 is 2.14 bits per heavy atom. The molecule has 0 aromatic heterocycles. The fourth-order valence-corrected chi connectivity index (χ4v) is 2.62. The zero-order valence-corrected chi connectivity index (χ0v) is 11.8. The van der Waals surface area contributed by atoms with Gasteiger partial charge in [-0.25, -0.2) is 21.2 Å². The van der Waals surface area contributed by atoms with Crippen LogP contribution in [0.3, 0.4) is 0 Å². The van der Waals surface area contributed by atoms with Crippen molar-refractivity contribution in [3.63, 3.8) is 0 Å². The highest BCUT2D eigenvalue weighted by molar-refractivity contribution is 8.13. The maximum atomic E-state index is 13.5. The van der Waals surface area contributed by atoms with Crippen LogP contribution >= 0.6 is 10.7 Å². The van der Waals surface area contributed by atoms with Crippen molar-refractivity contribution in [2.45, 2.75) is 10.7 Å². The van der Waals surface area contributed by atoms with Gasteiger partial charge in [0.1, 0.15) is 16.4 Å². The van der Waals surface area contributed by atoms with E-state index >= 15 is 0 Å². The van der Waals surface area contributed by atoms with Gasteiger partial charge in [-0.2, -0.15) is 8.78 Å². The molecular weight excluding hydrogens is 365 g/mol. The lowest BCUT2D eigenvalue weighted by atomic mass is 10.2. The molecule has 0 aliphatic rings. The molecule has 0 saturated carbocycles. The van der Waals surface area contributed by atoms with Gasteiger partial charge >= 0.3 is 5.76 Å². The highest BCUT2D eigenvalue weighted by Gasteiger charge is 2.30. The molecule has 0 unspecified atom stereocenters. The number of nitrogens with zero attached hydrogens (tertiary/aromatic N) is 1. The van der Waals surface area contributed by atoms with E-state index in [1.54, 1.807) is 0 Å². The molecule has 0 bridgehead atoms. The summed E-state index contributed by atoms with van der Waals surface area (Å²) in [6.45, 7) is 0. The van der Waals surface area contributed by atoms with Gasteiger partial charge in [0.2, 0.25) is 0 Å². The number of alkyl halides is 2. The predicted octanol–water partition coefficient (Wildman–Crippen LogP) is 1.63. The van der Waals surface area contributed by atoms with Crippen molar-refractivity contribution >= 4 is 41.1 Å². The van der Waals surface area contributed by atoms with Gasteiger partial charge < -0.3 is 0 Å². The second-order valence-electron chi connectivity index (χ2n) is 3.40. The Morgan fingerprint density at radius 2 is 1.76 bits per heavy atom. The molecule has 0 heterocycles. The summed E-state index contributed by atoms with van der Waals surface area (Å²) < 4.78 is 82.7. The summed E-state index contributed by atoms with van der Waals surface area (Å²) in [7, 11) is -5.18. The van der Waals surface area contributed by atoms with E-state index in [1.807, 2.05) is 0 Å². The van der Waals surface area contributed by atoms with Gasteiger partial charge in [-0.15, -0.1) is 0 Å². The molecule has 1 rings (SSSR count). The van der Waals surface area contributed by atoms with E-state index in [1.165, 1.54) is 0 Å². The van der Waals surface area contributed by atoms with E-state index in [9.17, 15) is 40.1 Å². The highest BCUT2D eigenvalue weighted by Crippen LogP contribution is 2.32. The van der Waals surface area contributed by atoms with E-state index in [2.05, 4.69) is 0 Å². The van der Waals surface area contributed by atoms with Crippen LogP contribution in [0.15, 0.2) is 17.0 Å². The fraction of sp³-hybridized carbons (Fsp3) is 0.143. The van der Waals surface area contributed by atoms with E-state index in [0.717, 1.165) is 4.72 Å². The monoisotopic (exact) mass is 368 g/mol. The Morgan fingerprint density at radius 1 is 1.24 bits per heavy atom. The predicted molar refractivity (Wildman–Crippen MR) is 64.6 cm³/mol. The normalized spacial score (nSPS) is 12.4. The van der Waals surface area contributed by atoms with Crippen LogP contribution in [-0.4, -0.2) is 27.5 Å². The lowest BCUT2D eigenvalue weighted by molar-refractivity contribution is -0.384. The van der Waals surface area contributed by atoms with E-state index in [4.69, 9.17) is 10.7 Å². The Kier molecular flexibility index (Phi) is 4.70. The molecule has 0 aliphatic carbocycles. The molecule has 1 aromatic carbocycles. The third-order valence-corrected chi connectivity index (χ3v) is 4.31. The quantitative estimate of drug-likeness (QED) is 0.478. The smallest absolute Gasteiger partial charge is 0.272 e. The molecule has 118 valence electrons. The number of anilines is 1. The lowest BCUT2D eigenvalue weighted by Crippen LogP contribution is -2.21. The largest absolute Gasteiger partial charge is 0.355 e. The summed E-state index contributed by atoms with van der Waals surface area (Å²) in [5, 5.41) is 10.7. The topological polar surface area (TPSA) is 123 Å². The average molecular weight is 369 g/mol. The number of benzene rings is 1. The first-order chi connectivity index (χ1) is 9.36. The minimum atomic E-state index is -5.31. The second-order valence-corrected chi connectivity index (χ2v) is 7.59. The second kappa shape index (κ2) is 5.65. The number of hydrogen-bond donors (Lipinski definition) is 1. The van der Waals surface area contributed by atoms with Crippen LogP contribution in [0.1, 0.15) is 0 Å². The molecule has 1 N–H and O–H groups in total.